The molecule has 0 unspecified atom stereocenters. The molecule has 0 spiro atoms. The molecule has 1 aliphatic heterocycles. The molecule has 1 aliphatic rings. The zero-order valence-electron chi connectivity index (χ0n) is 10.9. The van der Waals surface area contributed by atoms with E-state index in [0.717, 1.165) is 6.54 Å². The number of likely N-dealkylation sites (tertiary alicyclic amines) is 1. The number of halogens is 2. The van der Waals surface area contributed by atoms with Gasteiger partial charge in [-0.05, 0) is 32.9 Å². The second-order valence-electron chi connectivity index (χ2n) is 3.61. The number of aryl methyl sites for hydroxylation is 1. The van der Waals surface area contributed by atoms with Crippen LogP contribution in [-0.2, 0) is 0 Å². The quantitative estimate of drug-likeness (QED) is 0.411. The minimum Gasteiger partial charge on any atom is -0.870 e. The number of aromatic nitrogens is 2. The molecule has 1 fully saturated rings. The van der Waals surface area contributed by atoms with Gasteiger partial charge in [-0.15, -0.1) is 6.54 Å². The summed E-state index contributed by atoms with van der Waals surface area (Å²) in [4.78, 5) is 9.98. The predicted molar refractivity (Wildman–Crippen MR) is 69.8 cm³/mol. The van der Waals surface area contributed by atoms with Crippen molar-refractivity contribution in [3.8, 4) is 0 Å². The fourth-order valence-corrected chi connectivity index (χ4v) is 2.01. The van der Waals surface area contributed by atoms with Crippen LogP contribution in [0.1, 0.15) is 18.7 Å². The van der Waals surface area contributed by atoms with Crippen LogP contribution in [0, 0.1) is 13.8 Å². The summed E-state index contributed by atoms with van der Waals surface area (Å²) in [5.41, 5.74) is 0. The summed E-state index contributed by atoms with van der Waals surface area (Å²) in [6, 6.07) is 1.50. The standard InChI is InChI=1S/C6H12N.C5H4Cl2N2.Na.H2O/c1-2-7-5-3-4-6-7;1-3-8-4(6)2-5(7)9-3;;/h1-6H2;2H,1H3;;1H2/q-1;;+1;/p-1. The van der Waals surface area contributed by atoms with Crippen LogP contribution in [0.15, 0.2) is 6.07 Å². The molecule has 0 aliphatic carbocycles. The molecule has 0 amide bonds. The summed E-state index contributed by atoms with van der Waals surface area (Å²) >= 11 is 11.0. The van der Waals surface area contributed by atoms with Gasteiger partial charge in [0.15, 0.2) is 0 Å². The van der Waals surface area contributed by atoms with E-state index >= 15 is 0 Å². The number of rotatable bonds is 1. The van der Waals surface area contributed by atoms with Gasteiger partial charge in [0.25, 0.3) is 0 Å². The minimum absolute atomic E-state index is 0. The summed E-state index contributed by atoms with van der Waals surface area (Å²) < 4.78 is 0. The average molecular weight is 301 g/mol. The molecule has 98 valence electrons. The van der Waals surface area contributed by atoms with Crippen molar-refractivity contribution in [2.24, 2.45) is 0 Å². The van der Waals surface area contributed by atoms with Gasteiger partial charge in [-0.3, -0.25) is 0 Å². The Kier molecular flexibility index (Phi) is 13.2. The molecule has 0 bridgehead atoms. The van der Waals surface area contributed by atoms with Gasteiger partial charge in [0.2, 0.25) is 0 Å². The van der Waals surface area contributed by atoms with Crippen LogP contribution in [0.4, 0.5) is 0 Å². The molecule has 1 aromatic rings. The molecule has 0 aromatic carbocycles. The molecular formula is C11H17Cl2N3NaO-. The second-order valence-corrected chi connectivity index (χ2v) is 4.38. The molecule has 2 rings (SSSR count). The van der Waals surface area contributed by atoms with Crippen molar-refractivity contribution in [2.75, 3.05) is 19.6 Å². The van der Waals surface area contributed by atoms with Crippen LogP contribution in [0.25, 0.3) is 0 Å². The third-order valence-corrected chi connectivity index (χ3v) is 2.68. The normalized spacial score (nSPS) is 14.0. The first kappa shape index (κ1) is 20.9. The maximum absolute atomic E-state index is 5.51. The SMILES string of the molecule is Cc1nc(Cl)cc(Cl)n1.[CH2-]CN1CCCC1.[Na+].[OH-]. The molecule has 0 radical (unpaired) electrons. The smallest absolute Gasteiger partial charge is 0.870 e. The van der Waals surface area contributed by atoms with Crippen LogP contribution < -0.4 is 29.6 Å². The van der Waals surface area contributed by atoms with Crippen LogP contribution in [0.5, 0.6) is 0 Å². The van der Waals surface area contributed by atoms with Crippen LogP contribution in [0.3, 0.4) is 0 Å². The summed E-state index contributed by atoms with van der Waals surface area (Å²) in [5, 5.41) is 0.764. The Morgan fingerprint density at radius 1 is 1.22 bits per heavy atom. The van der Waals surface area contributed by atoms with Gasteiger partial charge in [0.1, 0.15) is 16.1 Å². The average Bonchev–Trinajstić information content (AvgIpc) is 2.68. The van der Waals surface area contributed by atoms with Gasteiger partial charge in [-0.2, -0.15) is 0 Å². The zero-order valence-corrected chi connectivity index (χ0v) is 14.4. The molecule has 1 aromatic heterocycles. The van der Waals surface area contributed by atoms with E-state index in [1.165, 1.54) is 32.0 Å². The molecule has 0 saturated carbocycles. The van der Waals surface area contributed by atoms with Crippen molar-refractivity contribution in [1.82, 2.24) is 14.9 Å². The van der Waals surface area contributed by atoms with Gasteiger partial charge in [0, 0.05) is 6.07 Å². The van der Waals surface area contributed by atoms with Gasteiger partial charge in [-0.25, -0.2) is 9.97 Å². The van der Waals surface area contributed by atoms with Gasteiger partial charge in [-0.1, -0.05) is 23.2 Å². The molecule has 2 heterocycles. The van der Waals surface area contributed by atoms with Crippen LogP contribution >= 0.6 is 23.2 Å². The third kappa shape index (κ3) is 8.64. The van der Waals surface area contributed by atoms with Crippen molar-refractivity contribution in [1.29, 1.82) is 0 Å². The van der Waals surface area contributed by atoms with E-state index in [1.807, 2.05) is 0 Å². The maximum atomic E-state index is 5.51. The third-order valence-electron chi connectivity index (χ3n) is 2.29. The first-order valence-electron chi connectivity index (χ1n) is 5.30. The van der Waals surface area contributed by atoms with Gasteiger partial charge in [0.05, 0.1) is 0 Å². The molecule has 0 atom stereocenters. The molecular weight excluding hydrogens is 284 g/mol. The Bertz CT molecular complexity index is 286. The Morgan fingerprint density at radius 3 is 1.94 bits per heavy atom. The van der Waals surface area contributed by atoms with E-state index in [2.05, 4.69) is 21.8 Å². The van der Waals surface area contributed by atoms with E-state index in [-0.39, 0.29) is 35.0 Å². The molecule has 1 N–H and O–H groups in total. The Morgan fingerprint density at radius 2 is 1.67 bits per heavy atom. The largest absolute Gasteiger partial charge is 1.00 e. The van der Waals surface area contributed by atoms with E-state index in [9.17, 15) is 0 Å². The monoisotopic (exact) mass is 300 g/mol. The predicted octanol–water partition coefficient (Wildman–Crippen LogP) is -0.165. The van der Waals surface area contributed by atoms with Crippen LogP contribution in [0.2, 0.25) is 10.3 Å². The molecule has 18 heavy (non-hydrogen) atoms. The van der Waals surface area contributed by atoms with Gasteiger partial charge < -0.3 is 17.3 Å². The van der Waals surface area contributed by atoms with Gasteiger partial charge >= 0.3 is 29.6 Å². The molecule has 1 saturated heterocycles. The summed E-state index contributed by atoms with van der Waals surface area (Å²) in [6.07, 6.45) is 2.77. The second kappa shape index (κ2) is 11.4. The summed E-state index contributed by atoms with van der Waals surface area (Å²) in [6.45, 7) is 9.09. The van der Waals surface area contributed by atoms with Crippen molar-refractivity contribution in [3.63, 3.8) is 0 Å². The number of hydrogen-bond acceptors (Lipinski definition) is 4. The van der Waals surface area contributed by atoms with Crippen molar-refractivity contribution < 1.29 is 35.0 Å². The number of hydrogen-bond donors (Lipinski definition) is 0. The fraction of sp³-hybridized carbons (Fsp3) is 0.545. The first-order chi connectivity index (χ1) is 7.61. The Labute approximate surface area is 141 Å². The van der Waals surface area contributed by atoms with E-state index in [4.69, 9.17) is 23.2 Å². The van der Waals surface area contributed by atoms with E-state index in [0.29, 0.717) is 16.1 Å². The molecule has 7 heteroatoms. The summed E-state index contributed by atoms with van der Waals surface area (Å²) in [7, 11) is 0. The van der Waals surface area contributed by atoms with Crippen molar-refractivity contribution >= 4 is 23.2 Å². The topological polar surface area (TPSA) is 59.0 Å². The number of nitrogens with zero attached hydrogens (tertiary/aromatic N) is 3. The van der Waals surface area contributed by atoms with Crippen molar-refractivity contribution in [3.05, 3.63) is 29.1 Å². The Hall–Kier alpha value is 0.580. The molecule has 4 nitrogen and oxygen atoms in total. The maximum Gasteiger partial charge on any atom is 1.00 e. The summed E-state index contributed by atoms with van der Waals surface area (Å²) in [5.74, 6) is 0.590. The fourth-order valence-electron chi connectivity index (χ4n) is 1.50. The first-order valence-corrected chi connectivity index (χ1v) is 6.05. The zero-order chi connectivity index (χ0) is 12.0. The van der Waals surface area contributed by atoms with Crippen LogP contribution in [-0.4, -0.2) is 40.0 Å². The Balaban J connectivity index is 0. The van der Waals surface area contributed by atoms with E-state index < -0.39 is 0 Å². The minimum atomic E-state index is 0. The van der Waals surface area contributed by atoms with E-state index in [1.54, 1.807) is 6.92 Å². The van der Waals surface area contributed by atoms with Crippen molar-refractivity contribution in [2.45, 2.75) is 19.8 Å².